The molecule has 0 aromatic heterocycles. The van der Waals surface area contributed by atoms with Crippen molar-refractivity contribution >= 4 is 0 Å². The van der Waals surface area contributed by atoms with Gasteiger partial charge in [-0.3, -0.25) is 0 Å². The van der Waals surface area contributed by atoms with E-state index in [9.17, 15) is 0 Å². The van der Waals surface area contributed by atoms with Crippen molar-refractivity contribution in [2.75, 3.05) is 0 Å². The Morgan fingerprint density at radius 2 is 1.64 bits per heavy atom. The minimum absolute atomic E-state index is 0.270. The van der Waals surface area contributed by atoms with Crippen LogP contribution in [0.5, 0.6) is 0 Å². The Morgan fingerprint density at radius 1 is 1.18 bits per heavy atom. The molecule has 1 saturated carbocycles. The smallest absolute Gasteiger partial charge is 0.0184 e. The van der Waals surface area contributed by atoms with E-state index in [-0.39, 0.29) is 5.54 Å². The van der Waals surface area contributed by atoms with Crippen LogP contribution >= 0.6 is 0 Å². The van der Waals surface area contributed by atoms with Crippen LogP contribution in [0, 0.1) is 5.92 Å². The lowest BCUT2D eigenvalue weighted by atomic mass is 9.89. The van der Waals surface area contributed by atoms with Gasteiger partial charge in [-0.15, -0.1) is 0 Å². The van der Waals surface area contributed by atoms with Gasteiger partial charge >= 0.3 is 0 Å². The normalized spacial score (nSPS) is 20.7. The van der Waals surface area contributed by atoms with Gasteiger partial charge in [-0.1, -0.05) is 26.7 Å². The fraction of sp³-hybridized carbons (Fsp3) is 1.00. The third-order valence-electron chi connectivity index (χ3n) is 2.91. The summed E-state index contributed by atoms with van der Waals surface area (Å²) in [5.41, 5.74) is 6.43. The summed E-state index contributed by atoms with van der Waals surface area (Å²) in [6.45, 7) is 4.52. The first-order valence-corrected chi connectivity index (χ1v) is 5.02. The van der Waals surface area contributed by atoms with Crippen molar-refractivity contribution in [1.82, 2.24) is 0 Å². The number of nitrogens with two attached hydrogens (primary N) is 1. The first kappa shape index (κ1) is 9.05. The maximum absolute atomic E-state index is 6.16. The molecule has 0 bridgehead atoms. The second kappa shape index (κ2) is 3.57. The van der Waals surface area contributed by atoms with Gasteiger partial charge < -0.3 is 5.73 Å². The van der Waals surface area contributed by atoms with Crippen LogP contribution in [0.2, 0.25) is 0 Å². The van der Waals surface area contributed by atoms with Gasteiger partial charge in [0.15, 0.2) is 0 Å². The van der Waals surface area contributed by atoms with E-state index in [0.717, 1.165) is 5.92 Å². The Labute approximate surface area is 70.4 Å². The average molecular weight is 155 g/mol. The van der Waals surface area contributed by atoms with E-state index in [1.54, 1.807) is 0 Å². The zero-order valence-corrected chi connectivity index (χ0v) is 7.90. The summed E-state index contributed by atoms with van der Waals surface area (Å²) >= 11 is 0. The molecule has 0 aromatic rings. The molecule has 66 valence electrons. The molecule has 2 N–H and O–H groups in total. The number of rotatable bonds is 5. The van der Waals surface area contributed by atoms with E-state index in [4.69, 9.17) is 5.73 Å². The molecule has 0 radical (unpaired) electrons. The molecular formula is C10H21N. The number of hydrogen-bond donors (Lipinski definition) is 1. The molecule has 0 unspecified atom stereocenters. The Kier molecular flexibility index (Phi) is 2.94. The first-order chi connectivity index (χ1) is 5.23. The lowest BCUT2D eigenvalue weighted by Crippen LogP contribution is -2.32. The summed E-state index contributed by atoms with van der Waals surface area (Å²) in [4.78, 5) is 0. The Morgan fingerprint density at radius 3 is 1.91 bits per heavy atom. The van der Waals surface area contributed by atoms with Crippen LogP contribution in [0.3, 0.4) is 0 Å². The standard InChI is InChI=1S/C10H21N/c1-3-5-9(6-4-2)10(11)7-8-10/h9H,3-8,11H2,1-2H3. The molecule has 1 fully saturated rings. The molecule has 0 atom stereocenters. The molecule has 0 spiro atoms. The highest BCUT2D eigenvalue weighted by Crippen LogP contribution is 2.43. The Hall–Kier alpha value is -0.0400. The molecule has 0 aliphatic heterocycles. The molecule has 1 rings (SSSR count). The van der Waals surface area contributed by atoms with Crippen molar-refractivity contribution in [1.29, 1.82) is 0 Å². The van der Waals surface area contributed by atoms with Crippen LogP contribution in [0.4, 0.5) is 0 Å². The predicted molar refractivity (Wildman–Crippen MR) is 49.5 cm³/mol. The summed E-state index contributed by atoms with van der Waals surface area (Å²) in [5.74, 6) is 0.817. The highest BCUT2D eigenvalue weighted by molar-refractivity contribution is 5.03. The second-order valence-corrected chi connectivity index (χ2v) is 4.01. The van der Waals surface area contributed by atoms with Gasteiger partial charge in [-0.05, 0) is 31.6 Å². The number of hydrogen-bond acceptors (Lipinski definition) is 1. The van der Waals surface area contributed by atoms with Gasteiger partial charge in [0.2, 0.25) is 0 Å². The zero-order valence-electron chi connectivity index (χ0n) is 7.90. The molecule has 11 heavy (non-hydrogen) atoms. The maximum Gasteiger partial charge on any atom is 0.0184 e. The van der Waals surface area contributed by atoms with Gasteiger partial charge in [-0.2, -0.15) is 0 Å². The van der Waals surface area contributed by atoms with E-state index in [0.29, 0.717) is 0 Å². The molecule has 0 saturated heterocycles. The molecule has 1 heteroatoms. The Bertz CT molecular complexity index is 110. The summed E-state index contributed by atoms with van der Waals surface area (Å²) in [6, 6.07) is 0. The fourth-order valence-corrected chi connectivity index (χ4v) is 1.97. The highest BCUT2D eigenvalue weighted by atomic mass is 14.8. The lowest BCUT2D eigenvalue weighted by molar-refractivity contribution is 0.346. The van der Waals surface area contributed by atoms with Crippen LogP contribution in [0.1, 0.15) is 52.4 Å². The van der Waals surface area contributed by atoms with E-state index < -0.39 is 0 Å². The van der Waals surface area contributed by atoms with E-state index in [1.807, 2.05) is 0 Å². The summed E-state index contributed by atoms with van der Waals surface area (Å²) in [5, 5.41) is 0. The third kappa shape index (κ3) is 2.19. The summed E-state index contributed by atoms with van der Waals surface area (Å²) in [6.07, 6.45) is 7.82. The van der Waals surface area contributed by atoms with Gasteiger partial charge in [-0.25, -0.2) is 0 Å². The molecule has 0 aromatic carbocycles. The summed E-state index contributed by atoms with van der Waals surface area (Å²) < 4.78 is 0. The topological polar surface area (TPSA) is 26.0 Å². The van der Waals surface area contributed by atoms with Gasteiger partial charge in [0, 0.05) is 5.54 Å². The van der Waals surface area contributed by atoms with Crippen LogP contribution in [0.15, 0.2) is 0 Å². The second-order valence-electron chi connectivity index (χ2n) is 4.01. The van der Waals surface area contributed by atoms with Gasteiger partial charge in [0.25, 0.3) is 0 Å². The van der Waals surface area contributed by atoms with E-state index >= 15 is 0 Å². The Balaban J connectivity index is 2.32. The van der Waals surface area contributed by atoms with Crippen molar-refractivity contribution in [2.45, 2.75) is 57.9 Å². The molecule has 1 aliphatic carbocycles. The first-order valence-electron chi connectivity index (χ1n) is 5.02. The van der Waals surface area contributed by atoms with Crippen LogP contribution in [-0.2, 0) is 0 Å². The van der Waals surface area contributed by atoms with Crippen LogP contribution in [0.25, 0.3) is 0 Å². The monoisotopic (exact) mass is 155 g/mol. The SMILES string of the molecule is CCCC(CCC)C1(N)CC1. The van der Waals surface area contributed by atoms with Gasteiger partial charge in [0.1, 0.15) is 0 Å². The molecule has 0 heterocycles. The molecular weight excluding hydrogens is 134 g/mol. The predicted octanol–water partition coefficient (Wildman–Crippen LogP) is 2.69. The van der Waals surface area contributed by atoms with Crippen molar-refractivity contribution in [2.24, 2.45) is 11.7 Å². The third-order valence-corrected chi connectivity index (χ3v) is 2.91. The van der Waals surface area contributed by atoms with Crippen molar-refractivity contribution in [3.05, 3.63) is 0 Å². The maximum atomic E-state index is 6.16. The molecule has 1 aliphatic rings. The highest BCUT2D eigenvalue weighted by Gasteiger charge is 2.44. The largest absolute Gasteiger partial charge is 0.325 e. The van der Waals surface area contributed by atoms with Crippen LogP contribution in [-0.4, -0.2) is 5.54 Å². The minimum Gasteiger partial charge on any atom is -0.325 e. The zero-order chi connectivity index (χ0) is 8.32. The van der Waals surface area contributed by atoms with Crippen molar-refractivity contribution in [3.63, 3.8) is 0 Å². The summed E-state index contributed by atoms with van der Waals surface area (Å²) in [7, 11) is 0. The fourth-order valence-electron chi connectivity index (χ4n) is 1.97. The van der Waals surface area contributed by atoms with E-state index in [1.165, 1.54) is 38.5 Å². The van der Waals surface area contributed by atoms with Crippen molar-refractivity contribution in [3.8, 4) is 0 Å². The molecule has 0 amide bonds. The van der Waals surface area contributed by atoms with Gasteiger partial charge in [0.05, 0.1) is 0 Å². The quantitative estimate of drug-likeness (QED) is 0.649. The average Bonchev–Trinajstić information content (AvgIpc) is 2.69. The van der Waals surface area contributed by atoms with Crippen molar-refractivity contribution < 1.29 is 0 Å². The van der Waals surface area contributed by atoms with Crippen LogP contribution < -0.4 is 5.73 Å². The minimum atomic E-state index is 0.270. The van der Waals surface area contributed by atoms with E-state index in [2.05, 4.69) is 13.8 Å². The molecule has 1 nitrogen and oxygen atoms in total. The lowest BCUT2D eigenvalue weighted by Gasteiger charge is -2.22.